The summed E-state index contributed by atoms with van der Waals surface area (Å²) in [5.74, 6) is 1.29. The molecule has 0 radical (unpaired) electrons. The highest BCUT2D eigenvalue weighted by Gasteiger charge is 2.09. The van der Waals surface area contributed by atoms with Crippen molar-refractivity contribution in [3.05, 3.63) is 75.2 Å². The highest BCUT2D eigenvalue weighted by molar-refractivity contribution is 7.11. The van der Waals surface area contributed by atoms with Gasteiger partial charge in [0.15, 0.2) is 11.5 Å². The van der Waals surface area contributed by atoms with E-state index in [-0.39, 0.29) is 0 Å². The molecule has 0 saturated carbocycles. The van der Waals surface area contributed by atoms with Gasteiger partial charge in [-0.05, 0) is 43.2 Å². The van der Waals surface area contributed by atoms with Gasteiger partial charge in [-0.3, -0.25) is 0 Å². The van der Waals surface area contributed by atoms with Crippen molar-refractivity contribution in [2.45, 2.75) is 20.5 Å². The van der Waals surface area contributed by atoms with Gasteiger partial charge in [-0.1, -0.05) is 35.9 Å². The lowest BCUT2D eigenvalue weighted by atomic mass is 10.1. The van der Waals surface area contributed by atoms with Crippen LogP contribution in [-0.4, -0.2) is 12.1 Å². The third kappa shape index (κ3) is 4.75. The predicted molar refractivity (Wildman–Crippen MR) is 109 cm³/mol. The minimum atomic E-state index is 0.445. The largest absolute Gasteiger partial charge is 0.493 e. The fourth-order valence-corrected chi connectivity index (χ4v) is 3.29. The van der Waals surface area contributed by atoms with Gasteiger partial charge in [0.05, 0.1) is 12.7 Å². The van der Waals surface area contributed by atoms with Gasteiger partial charge in [0.1, 0.15) is 17.7 Å². The number of ether oxygens (including phenoxy) is 2. The molecule has 136 valence electrons. The van der Waals surface area contributed by atoms with Crippen LogP contribution < -0.4 is 9.47 Å². The van der Waals surface area contributed by atoms with E-state index >= 15 is 0 Å². The van der Waals surface area contributed by atoms with Gasteiger partial charge >= 0.3 is 0 Å². The molecule has 1 heterocycles. The first-order chi connectivity index (χ1) is 13.1. The number of thiazole rings is 1. The van der Waals surface area contributed by atoms with Gasteiger partial charge in [-0.2, -0.15) is 5.26 Å². The number of nitrogens with zero attached hydrogens (tertiary/aromatic N) is 2. The van der Waals surface area contributed by atoms with Crippen LogP contribution in [0, 0.1) is 25.2 Å². The number of hydrogen-bond acceptors (Lipinski definition) is 5. The molecule has 0 N–H and O–H groups in total. The molecule has 0 fully saturated rings. The van der Waals surface area contributed by atoms with Gasteiger partial charge in [0.25, 0.3) is 0 Å². The van der Waals surface area contributed by atoms with E-state index < -0.39 is 0 Å². The summed E-state index contributed by atoms with van der Waals surface area (Å²) in [7, 11) is 1.61. The molecule has 27 heavy (non-hydrogen) atoms. The number of aryl methyl sites for hydroxylation is 2. The highest BCUT2D eigenvalue weighted by atomic mass is 32.1. The van der Waals surface area contributed by atoms with Crippen molar-refractivity contribution < 1.29 is 9.47 Å². The van der Waals surface area contributed by atoms with Crippen molar-refractivity contribution >= 4 is 23.0 Å². The Hall–Kier alpha value is -3.10. The van der Waals surface area contributed by atoms with E-state index in [9.17, 15) is 5.26 Å². The number of hydrogen-bond donors (Lipinski definition) is 0. The summed E-state index contributed by atoms with van der Waals surface area (Å²) in [5, 5.41) is 12.1. The zero-order valence-corrected chi connectivity index (χ0v) is 16.3. The number of benzene rings is 2. The minimum Gasteiger partial charge on any atom is -0.493 e. The average molecular weight is 376 g/mol. The van der Waals surface area contributed by atoms with Crippen molar-refractivity contribution in [2.24, 2.45) is 0 Å². The van der Waals surface area contributed by atoms with Gasteiger partial charge in [0, 0.05) is 11.1 Å². The third-order valence-electron chi connectivity index (χ3n) is 3.98. The Morgan fingerprint density at radius 2 is 1.93 bits per heavy atom. The van der Waals surface area contributed by atoms with Crippen LogP contribution in [0.25, 0.3) is 11.6 Å². The maximum absolute atomic E-state index is 9.49. The Morgan fingerprint density at radius 1 is 1.15 bits per heavy atom. The normalized spacial score (nSPS) is 11.1. The lowest BCUT2D eigenvalue weighted by Crippen LogP contribution is -1.98. The first-order valence-corrected chi connectivity index (χ1v) is 9.37. The molecule has 3 rings (SSSR count). The second kappa shape index (κ2) is 8.52. The molecular weight excluding hydrogens is 356 g/mol. The highest BCUT2D eigenvalue weighted by Crippen LogP contribution is 2.31. The van der Waals surface area contributed by atoms with Crippen molar-refractivity contribution in [3.8, 4) is 17.6 Å². The Bertz CT molecular complexity index is 998. The van der Waals surface area contributed by atoms with Crippen molar-refractivity contribution in [3.63, 3.8) is 0 Å². The number of allylic oxidation sites excluding steroid dienone is 1. The summed E-state index contributed by atoms with van der Waals surface area (Å²) in [5.41, 5.74) is 4.60. The summed E-state index contributed by atoms with van der Waals surface area (Å²) in [4.78, 5) is 4.39. The van der Waals surface area contributed by atoms with E-state index in [0.717, 1.165) is 16.8 Å². The molecule has 0 atom stereocenters. The van der Waals surface area contributed by atoms with E-state index in [1.54, 1.807) is 7.11 Å². The Labute approximate surface area is 163 Å². The molecule has 3 aromatic rings. The summed E-state index contributed by atoms with van der Waals surface area (Å²) in [6.45, 7) is 4.42. The van der Waals surface area contributed by atoms with Gasteiger partial charge in [-0.25, -0.2) is 4.98 Å². The molecule has 2 aromatic carbocycles. The molecule has 0 amide bonds. The molecule has 0 aliphatic rings. The first kappa shape index (κ1) is 18.7. The molecule has 0 aliphatic heterocycles. The minimum absolute atomic E-state index is 0.445. The van der Waals surface area contributed by atoms with E-state index in [1.165, 1.54) is 16.9 Å². The van der Waals surface area contributed by atoms with Crippen LogP contribution in [0.4, 0.5) is 0 Å². The molecule has 0 bridgehead atoms. The smallest absolute Gasteiger partial charge is 0.162 e. The van der Waals surface area contributed by atoms with Gasteiger partial charge in [-0.15, -0.1) is 11.3 Å². The average Bonchev–Trinajstić information content (AvgIpc) is 3.12. The van der Waals surface area contributed by atoms with E-state index in [2.05, 4.69) is 30.1 Å². The SMILES string of the molecule is COc1ccc(/C=C(/C#N)c2nc(C)cs2)cc1OCc1ccc(C)cc1. The summed E-state index contributed by atoms with van der Waals surface area (Å²) in [6, 6.07) is 16.1. The molecule has 0 spiro atoms. The topological polar surface area (TPSA) is 55.1 Å². The lowest BCUT2D eigenvalue weighted by Gasteiger charge is -2.12. The standard InChI is InChI=1S/C22H20N2O2S/c1-15-4-6-17(7-5-15)13-26-21-11-18(8-9-20(21)25-3)10-19(12-23)22-24-16(2)14-27-22/h4-11,14H,13H2,1-3H3/b19-10-. The maximum atomic E-state index is 9.49. The van der Waals surface area contributed by atoms with Crippen LogP contribution in [0.1, 0.15) is 27.4 Å². The summed E-state index contributed by atoms with van der Waals surface area (Å²) in [6.07, 6.45) is 1.82. The summed E-state index contributed by atoms with van der Waals surface area (Å²) >= 11 is 1.46. The number of nitriles is 1. The van der Waals surface area contributed by atoms with E-state index in [0.29, 0.717) is 28.7 Å². The molecule has 5 heteroatoms. The molecule has 0 saturated heterocycles. The zero-order chi connectivity index (χ0) is 19.2. The second-order valence-corrected chi connectivity index (χ2v) is 7.01. The fourth-order valence-electron chi connectivity index (χ4n) is 2.53. The van der Waals surface area contributed by atoms with Crippen LogP contribution in [0.3, 0.4) is 0 Å². The molecule has 4 nitrogen and oxygen atoms in total. The number of rotatable bonds is 6. The first-order valence-electron chi connectivity index (χ1n) is 8.49. The van der Waals surface area contributed by atoms with Crippen molar-refractivity contribution in [1.29, 1.82) is 5.26 Å². The quantitative estimate of drug-likeness (QED) is 0.540. The molecule has 1 aromatic heterocycles. The Balaban J connectivity index is 1.85. The molecule has 0 aliphatic carbocycles. The fraction of sp³-hybridized carbons (Fsp3) is 0.182. The lowest BCUT2D eigenvalue weighted by molar-refractivity contribution is 0.284. The zero-order valence-electron chi connectivity index (χ0n) is 15.5. The molecular formula is C22H20N2O2S. The van der Waals surface area contributed by atoms with E-state index in [4.69, 9.17) is 9.47 Å². The Morgan fingerprint density at radius 3 is 2.56 bits per heavy atom. The van der Waals surface area contributed by atoms with Gasteiger partial charge < -0.3 is 9.47 Å². The monoisotopic (exact) mass is 376 g/mol. The maximum Gasteiger partial charge on any atom is 0.162 e. The van der Waals surface area contributed by atoms with Crippen LogP contribution in [0.2, 0.25) is 0 Å². The van der Waals surface area contributed by atoms with Crippen molar-refractivity contribution in [1.82, 2.24) is 4.98 Å². The van der Waals surface area contributed by atoms with Crippen LogP contribution >= 0.6 is 11.3 Å². The van der Waals surface area contributed by atoms with Crippen molar-refractivity contribution in [2.75, 3.05) is 7.11 Å². The molecule has 0 unspecified atom stereocenters. The van der Waals surface area contributed by atoms with Crippen LogP contribution in [0.15, 0.2) is 47.8 Å². The summed E-state index contributed by atoms with van der Waals surface area (Å²) < 4.78 is 11.4. The number of aromatic nitrogens is 1. The van der Waals surface area contributed by atoms with Crippen LogP contribution in [-0.2, 0) is 6.61 Å². The Kier molecular flexibility index (Phi) is 5.90. The number of methoxy groups -OCH3 is 1. The third-order valence-corrected chi connectivity index (χ3v) is 4.98. The van der Waals surface area contributed by atoms with Gasteiger partial charge in [0.2, 0.25) is 0 Å². The second-order valence-electron chi connectivity index (χ2n) is 6.15. The predicted octanol–water partition coefficient (Wildman–Crippen LogP) is 5.41. The van der Waals surface area contributed by atoms with Crippen LogP contribution in [0.5, 0.6) is 11.5 Å². The van der Waals surface area contributed by atoms with E-state index in [1.807, 2.05) is 48.7 Å².